The quantitative estimate of drug-likeness (QED) is 0.252. The number of nitrogens with zero attached hydrogens (tertiary/aromatic N) is 4. The van der Waals surface area contributed by atoms with Crippen LogP contribution in [0.4, 0.5) is 15.7 Å². The Bertz CT molecular complexity index is 1610. The lowest BCUT2D eigenvalue weighted by molar-refractivity contribution is -0.148. The number of thiophene rings is 1. The SMILES string of the molecule is CCOC(=O)C1CCN(c2ncc(C(=O)Nc3nc(-c4cc(Cl)cs4)c(C4=CCN(C(=O)OC(C)(C)C)CC4)s3)cc2Cl)CC1. The normalized spacial score (nSPS) is 15.9. The Balaban J connectivity index is 1.30. The van der Waals surface area contributed by atoms with Gasteiger partial charge in [0.15, 0.2) is 5.13 Å². The van der Waals surface area contributed by atoms with E-state index in [0.717, 1.165) is 21.0 Å². The number of hydrogen-bond acceptors (Lipinski definition) is 10. The van der Waals surface area contributed by atoms with Crippen molar-refractivity contribution in [2.24, 2.45) is 5.92 Å². The number of thiazole rings is 1. The van der Waals surface area contributed by atoms with E-state index in [1.54, 1.807) is 17.9 Å². The number of anilines is 2. The Labute approximate surface area is 280 Å². The standard InChI is InChI=1S/C31H35Cl2N5O5S2/c1-5-42-28(40)19-8-10-37(11-9-19)26-22(33)14-20(16-34-26)27(39)36-29-35-24(23-15-21(32)17-44-23)25(45-29)18-6-12-38(13-7-18)30(41)43-31(2,3)4/h6,14-17,19H,5,7-13H2,1-4H3,(H,35,36,39). The van der Waals surface area contributed by atoms with Gasteiger partial charge in [0.2, 0.25) is 0 Å². The molecule has 1 fully saturated rings. The maximum absolute atomic E-state index is 13.3. The third-order valence-electron chi connectivity index (χ3n) is 7.30. The summed E-state index contributed by atoms with van der Waals surface area (Å²) in [7, 11) is 0. The number of ether oxygens (including phenoxy) is 2. The molecule has 2 amide bonds. The summed E-state index contributed by atoms with van der Waals surface area (Å²) in [5.74, 6) is -0.103. The van der Waals surface area contributed by atoms with Crippen LogP contribution in [0.2, 0.25) is 10.0 Å². The first-order valence-corrected chi connectivity index (χ1v) is 17.2. The van der Waals surface area contributed by atoms with Crippen molar-refractivity contribution in [2.75, 3.05) is 43.0 Å². The molecule has 0 saturated carbocycles. The van der Waals surface area contributed by atoms with Crippen molar-refractivity contribution in [2.45, 2.75) is 52.6 Å². The lowest BCUT2D eigenvalue weighted by Crippen LogP contribution is -2.39. The van der Waals surface area contributed by atoms with Gasteiger partial charge >= 0.3 is 12.1 Å². The first-order chi connectivity index (χ1) is 21.4. The summed E-state index contributed by atoms with van der Waals surface area (Å²) in [4.78, 5) is 52.7. The van der Waals surface area contributed by atoms with Crippen molar-refractivity contribution in [3.63, 3.8) is 0 Å². The van der Waals surface area contributed by atoms with Crippen LogP contribution in [0.25, 0.3) is 16.1 Å². The predicted octanol–water partition coefficient (Wildman–Crippen LogP) is 7.63. The average Bonchev–Trinajstić information content (AvgIpc) is 3.62. The summed E-state index contributed by atoms with van der Waals surface area (Å²) in [5, 5.41) is 6.14. The lowest BCUT2D eigenvalue weighted by atomic mass is 9.97. The zero-order valence-corrected chi connectivity index (χ0v) is 28.7. The number of rotatable bonds is 7. The Morgan fingerprint density at radius 2 is 1.89 bits per heavy atom. The Morgan fingerprint density at radius 3 is 2.49 bits per heavy atom. The first kappa shape index (κ1) is 33.2. The van der Waals surface area contributed by atoms with Crippen molar-refractivity contribution in [1.29, 1.82) is 0 Å². The van der Waals surface area contributed by atoms with Gasteiger partial charge in [-0.2, -0.15) is 0 Å². The average molecular weight is 693 g/mol. The molecule has 0 aliphatic carbocycles. The fraction of sp³-hybridized carbons (Fsp3) is 0.452. The van der Waals surface area contributed by atoms with Crippen LogP contribution >= 0.6 is 45.9 Å². The van der Waals surface area contributed by atoms with Gasteiger partial charge in [0, 0.05) is 37.8 Å². The second kappa shape index (κ2) is 14.1. The molecule has 45 heavy (non-hydrogen) atoms. The highest BCUT2D eigenvalue weighted by molar-refractivity contribution is 7.18. The largest absolute Gasteiger partial charge is 0.466 e. The molecule has 0 bridgehead atoms. The van der Waals surface area contributed by atoms with E-state index >= 15 is 0 Å². The zero-order valence-electron chi connectivity index (χ0n) is 25.5. The summed E-state index contributed by atoms with van der Waals surface area (Å²) in [6, 6.07) is 3.45. The van der Waals surface area contributed by atoms with Crippen molar-refractivity contribution in [3.05, 3.63) is 50.3 Å². The van der Waals surface area contributed by atoms with Gasteiger partial charge in [-0.3, -0.25) is 14.9 Å². The van der Waals surface area contributed by atoms with Crippen molar-refractivity contribution in [3.8, 4) is 10.6 Å². The van der Waals surface area contributed by atoms with Gasteiger partial charge in [-0.1, -0.05) is 40.6 Å². The molecular weight excluding hydrogens is 657 g/mol. The van der Waals surface area contributed by atoms with E-state index in [9.17, 15) is 14.4 Å². The predicted molar refractivity (Wildman–Crippen MR) is 180 cm³/mol. The number of carbonyl (C=O) groups is 3. The van der Waals surface area contributed by atoms with Crippen LogP contribution < -0.4 is 10.2 Å². The molecule has 5 rings (SSSR count). The molecule has 0 spiro atoms. The maximum Gasteiger partial charge on any atom is 0.410 e. The molecule has 3 aromatic heterocycles. The molecule has 0 unspecified atom stereocenters. The number of carbonyl (C=O) groups excluding carboxylic acids is 3. The minimum absolute atomic E-state index is 0.128. The number of nitrogens with one attached hydrogen (secondary N) is 1. The first-order valence-electron chi connectivity index (χ1n) is 14.7. The van der Waals surface area contributed by atoms with Gasteiger partial charge in [0.05, 0.1) is 37.9 Å². The highest BCUT2D eigenvalue weighted by Gasteiger charge is 2.29. The smallest absolute Gasteiger partial charge is 0.410 e. The highest BCUT2D eigenvalue weighted by Crippen LogP contribution is 2.41. The van der Waals surface area contributed by atoms with Gasteiger partial charge in [-0.05, 0) is 64.7 Å². The topological polar surface area (TPSA) is 114 Å². The summed E-state index contributed by atoms with van der Waals surface area (Å²) in [5.41, 5.74) is 1.49. The Hall–Kier alpha value is -3.19. The number of aromatic nitrogens is 2. The van der Waals surface area contributed by atoms with E-state index in [2.05, 4.69) is 10.3 Å². The summed E-state index contributed by atoms with van der Waals surface area (Å²) >= 11 is 15.7. The molecule has 0 aromatic carbocycles. The van der Waals surface area contributed by atoms with Crippen molar-refractivity contribution < 1.29 is 23.9 Å². The molecule has 2 aliphatic heterocycles. The van der Waals surface area contributed by atoms with E-state index in [1.165, 1.54) is 28.9 Å². The van der Waals surface area contributed by atoms with Crippen LogP contribution in [0, 0.1) is 5.92 Å². The fourth-order valence-electron chi connectivity index (χ4n) is 5.11. The molecule has 1 saturated heterocycles. The Morgan fingerprint density at radius 1 is 1.13 bits per heavy atom. The molecule has 1 N–H and O–H groups in total. The van der Waals surface area contributed by atoms with Crippen LogP contribution in [0.1, 0.15) is 62.2 Å². The lowest BCUT2D eigenvalue weighted by Gasteiger charge is -2.32. The molecule has 2 aliphatic rings. The van der Waals surface area contributed by atoms with Crippen LogP contribution in [-0.4, -0.2) is 71.2 Å². The van der Waals surface area contributed by atoms with E-state index < -0.39 is 5.60 Å². The maximum atomic E-state index is 13.3. The molecule has 240 valence electrons. The van der Waals surface area contributed by atoms with Crippen molar-refractivity contribution in [1.82, 2.24) is 14.9 Å². The van der Waals surface area contributed by atoms with Gasteiger partial charge in [-0.15, -0.1) is 11.3 Å². The van der Waals surface area contributed by atoms with Crippen LogP contribution in [0.3, 0.4) is 0 Å². The monoisotopic (exact) mass is 691 g/mol. The van der Waals surface area contributed by atoms with E-state index in [0.29, 0.717) is 78.6 Å². The second-order valence-corrected chi connectivity index (χ2v) is 14.5. The zero-order chi connectivity index (χ0) is 32.3. The molecule has 5 heterocycles. The van der Waals surface area contributed by atoms with Gasteiger partial charge < -0.3 is 19.3 Å². The molecule has 0 atom stereocenters. The van der Waals surface area contributed by atoms with Gasteiger partial charge in [0.1, 0.15) is 17.1 Å². The molecular formula is C31H35Cl2N5O5S2. The van der Waals surface area contributed by atoms with E-state index in [-0.39, 0.29) is 23.9 Å². The van der Waals surface area contributed by atoms with Crippen LogP contribution in [-0.2, 0) is 14.3 Å². The summed E-state index contributed by atoms with van der Waals surface area (Å²) in [6.45, 7) is 9.85. The van der Waals surface area contributed by atoms with Gasteiger partial charge in [-0.25, -0.2) is 14.8 Å². The van der Waals surface area contributed by atoms with Crippen LogP contribution in [0.5, 0.6) is 0 Å². The number of halogens is 2. The molecule has 0 radical (unpaired) electrons. The fourth-order valence-corrected chi connectivity index (χ4v) is 7.57. The van der Waals surface area contributed by atoms with Gasteiger partial charge in [0.25, 0.3) is 5.91 Å². The molecule has 14 heteroatoms. The van der Waals surface area contributed by atoms with E-state index in [4.69, 9.17) is 37.7 Å². The molecule has 3 aromatic rings. The number of pyridine rings is 1. The third-order valence-corrected chi connectivity index (χ3v) is 9.91. The Kier molecular flexibility index (Phi) is 10.4. The van der Waals surface area contributed by atoms with Crippen molar-refractivity contribution >= 4 is 80.4 Å². The number of esters is 1. The number of hydrogen-bond donors (Lipinski definition) is 1. The minimum atomic E-state index is -0.569. The van der Waals surface area contributed by atoms with Crippen LogP contribution in [0.15, 0.2) is 29.8 Å². The highest BCUT2D eigenvalue weighted by atomic mass is 35.5. The minimum Gasteiger partial charge on any atom is -0.466 e. The van der Waals surface area contributed by atoms with E-state index in [1.807, 2.05) is 43.2 Å². The summed E-state index contributed by atoms with van der Waals surface area (Å²) in [6.07, 6.45) is 5.07. The second-order valence-electron chi connectivity index (χ2n) is 11.7. The third kappa shape index (κ3) is 8.16. The number of amides is 2. The summed E-state index contributed by atoms with van der Waals surface area (Å²) < 4.78 is 10.7. The number of piperidine rings is 1. The molecule has 10 nitrogen and oxygen atoms in total.